The molecule has 0 aliphatic rings. The maximum absolute atomic E-state index is 4.34. The zero-order valence-electron chi connectivity index (χ0n) is 17.0. The fourth-order valence-corrected chi connectivity index (χ4v) is 4.93. The first-order chi connectivity index (χ1) is 13.8. The summed E-state index contributed by atoms with van der Waals surface area (Å²) in [5.41, 5.74) is 2.74. The number of aryl methyl sites for hydroxylation is 2. The lowest BCUT2D eigenvalue weighted by molar-refractivity contribution is 0.667. The van der Waals surface area contributed by atoms with Crippen molar-refractivity contribution in [1.82, 2.24) is 20.4 Å². The molecule has 0 atom stereocenters. The molecule has 0 aliphatic heterocycles. The Bertz CT molecular complexity index is 754. The minimum absolute atomic E-state index is 0.630. The van der Waals surface area contributed by atoms with Crippen LogP contribution in [0.1, 0.15) is 76.3 Å². The Kier molecular flexibility index (Phi) is 8.55. The van der Waals surface area contributed by atoms with Gasteiger partial charge in [0.2, 0.25) is 11.6 Å². The molecule has 0 aliphatic carbocycles. The molecule has 3 heterocycles. The van der Waals surface area contributed by atoms with E-state index in [-0.39, 0.29) is 0 Å². The first kappa shape index (κ1) is 21.1. The molecule has 0 N–H and O–H groups in total. The Hall–Kier alpha value is -1.66. The number of unbranched alkanes of at least 4 members (excludes halogenated alkanes) is 6. The quantitative estimate of drug-likeness (QED) is 0.300. The van der Waals surface area contributed by atoms with Crippen LogP contribution in [0.15, 0.2) is 22.9 Å². The zero-order valence-corrected chi connectivity index (χ0v) is 18.6. The highest BCUT2D eigenvalue weighted by molar-refractivity contribution is 7.13. The molecule has 0 bridgehead atoms. The molecule has 0 fully saturated rings. The predicted molar refractivity (Wildman–Crippen MR) is 120 cm³/mol. The minimum Gasteiger partial charge on any atom is -0.140 e. The van der Waals surface area contributed by atoms with Crippen molar-refractivity contribution in [3.63, 3.8) is 0 Å². The van der Waals surface area contributed by atoms with Crippen LogP contribution >= 0.6 is 22.7 Å². The highest BCUT2D eigenvalue weighted by Crippen LogP contribution is 2.27. The molecule has 3 aromatic rings. The van der Waals surface area contributed by atoms with E-state index < -0.39 is 0 Å². The molecular weight excluding hydrogens is 384 g/mol. The number of aromatic nitrogens is 4. The van der Waals surface area contributed by atoms with Gasteiger partial charge in [0.1, 0.15) is 0 Å². The summed E-state index contributed by atoms with van der Waals surface area (Å²) in [5.74, 6) is 1.26. The molecule has 28 heavy (non-hydrogen) atoms. The normalized spacial score (nSPS) is 11.2. The second-order valence-corrected chi connectivity index (χ2v) is 9.13. The largest absolute Gasteiger partial charge is 0.213 e. The molecule has 0 saturated heterocycles. The second-order valence-electron chi connectivity index (χ2n) is 7.31. The van der Waals surface area contributed by atoms with Crippen LogP contribution < -0.4 is 0 Å². The highest BCUT2D eigenvalue weighted by Gasteiger charge is 2.11. The monoisotopic (exact) mass is 414 g/mol. The van der Waals surface area contributed by atoms with E-state index in [4.69, 9.17) is 0 Å². The van der Waals surface area contributed by atoms with Crippen molar-refractivity contribution in [2.45, 2.75) is 78.1 Å². The topological polar surface area (TPSA) is 51.6 Å². The average Bonchev–Trinajstić information content (AvgIpc) is 3.39. The van der Waals surface area contributed by atoms with Gasteiger partial charge < -0.3 is 0 Å². The van der Waals surface area contributed by atoms with E-state index in [1.807, 2.05) is 0 Å². The van der Waals surface area contributed by atoms with Gasteiger partial charge in [0.05, 0.1) is 9.75 Å². The van der Waals surface area contributed by atoms with E-state index in [2.05, 4.69) is 57.1 Å². The highest BCUT2D eigenvalue weighted by atomic mass is 32.1. The summed E-state index contributed by atoms with van der Waals surface area (Å²) in [6.07, 6.45) is 12.6. The first-order valence-electron chi connectivity index (χ1n) is 10.5. The smallest absolute Gasteiger partial charge is 0.140 e. The van der Waals surface area contributed by atoms with Gasteiger partial charge in [-0.15, -0.1) is 43.1 Å². The molecule has 6 heteroatoms. The summed E-state index contributed by atoms with van der Waals surface area (Å²) in [6.45, 7) is 4.49. The lowest BCUT2D eigenvalue weighted by Crippen LogP contribution is -1.97. The number of hydrogen-bond acceptors (Lipinski definition) is 6. The van der Waals surface area contributed by atoms with Crippen LogP contribution in [0.4, 0.5) is 0 Å². The minimum atomic E-state index is 0.630. The zero-order chi connectivity index (χ0) is 19.6. The summed E-state index contributed by atoms with van der Waals surface area (Å²) in [4.78, 5) is 2.11. The lowest BCUT2D eigenvalue weighted by Gasteiger charge is -1.98. The molecule has 4 nitrogen and oxygen atoms in total. The summed E-state index contributed by atoms with van der Waals surface area (Å²) in [5, 5.41) is 21.8. The third-order valence-corrected chi connectivity index (χ3v) is 6.82. The van der Waals surface area contributed by atoms with Crippen molar-refractivity contribution in [2.75, 3.05) is 0 Å². The van der Waals surface area contributed by atoms with Gasteiger partial charge in [-0.2, -0.15) is 0 Å². The van der Waals surface area contributed by atoms with Gasteiger partial charge in [0.15, 0.2) is 0 Å². The van der Waals surface area contributed by atoms with Gasteiger partial charge in [-0.05, 0) is 59.7 Å². The van der Waals surface area contributed by atoms with Crippen molar-refractivity contribution < 1.29 is 0 Å². The fourth-order valence-electron chi connectivity index (χ4n) is 3.19. The molecule has 0 radical (unpaired) electrons. The van der Waals surface area contributed by atoms with E-state index >= 15 is 0 Å². The molecule has 0 amide bonds. The third kappa shape index (κ3) is 6.17. The Labute approximate surface area is 176 Å². The molecule has 3 rings (SSSR count). The number of thiophene rings is 2. The Morgan fingerprint density at radius 2 is 1.04 bits per heavy atom. The Morgan fingerprint density at radius 3 is 1.43 bits per heavy atom. The van der Waals surface area contributed by atoms with E-state index in [9.17, 15) is 0 Å². The predicted octanol–water partition coefficient (Wildman–Crippen LogP) is 6.97. The molecule has 0 aromatic carbocycles. The van der Waals surface area contributed by atoms with Crippen LogP contribution in [0.5, 0.6) is 0 Å². The van der Waals surface area contributed by atoms with E-state index in [1.165, 1.54) is 62.5 Å². The third-order valence-electron chi connectivity index (χ3n) is 4.87. The van der Waals surface area contributed by atoms with Crippen LogP contribution in [-0.2, 0) is 12.8 Å². The molecule has 0 unspecified atom stereocenters. The summed E-state index contributed by atoms with van der Waals surface area (Å²) in [6, 6.07) is 4.38. The number of nitrogens with zero attached hydrogens (tertiary/aromatic N) is 4. The van der Waals surface area contributed by atoms with E-state index in [1.54, 1.807) is 22.7 Å². The maximum Gasteiger partial charge on any atom is 0.213 e. The van der Waals surface area contributed by atoms with Crippen molar-refractivity contribution in [2.24, 2.45) is 0 Å². The Morgan fingerprint density at radius 1 is 0.607 bits per heavy atom. The van der Waals surface area contributed by atoms with Crippen molar-refractivity contribution in [3.8, 4) is 21.4 Å². The van der Waals surface area contributed by atoms with Gasteiger partial charge in [-0.1, -0.05) is 52.4 Å². The van der Waals surface area contributed by atoms with Gasteiger partial charge in [0.25, 0.3) is 0 Å². The van der Waals surface area contributed by atoms with Crippen LogP contribution in [0.3, 0.4) is 0 Å². The summed E-state index contributed by atoms with van der Waals surface area (Å²) >= 11 is 3.37. The van der Waals surface area contributed by atoms with Crippen LogP contribution in [-0.4, -0.2) is 20.4 Å². The van der Waals surface area contributed by atoms with Crippen LogP contribution in [0.2, 0.25) is 0 Å². The Balaban J connectivity index is 1.56. The van der Waals surface area contributed by atoms with Crippen LogP contribution in [0.25, 0.3) is 21.4 Å². The van der Waals surface area contributed by atoms with Crippen molar-refractivity contribution in [3.05, 3.63) is 34.0 Å². The lowest BCUT2D eigenvalue weighted by atomic mass is 10.1. The van der Waals surface area contributed by atoms with Gasteiger partial charge >= 0.3 is 0 Å². The summed E-state index contributed by atoms with van der Waals surface area (Å²) in [7, 11) is 0. The molecule has 3 aromatic heterocycles. The average molecular weight is 415 g/mol. The standard InChI is InChI=1S/C22H30N4S2/c1-3-5-7-9-11-17-13-19(27-15-17)21-23-25-22(26-24-21)20-14-18(16-28-20)12-10-8-6-4-2/h13-16H,3-12H2,1-2H3. The number of hydrogen-bond donors (Lipinski definition) is 0. The number of rotatable bonds is 12. The van der Waals surface area contributed by atoms with Gasteiger partial charge in [0, 0.05) is 0 Å². The van der Waals surface area contributed by atoms with E-state index in [0.29, 0.717) is 11.6 Å². The molecule has 0 saturated carbocycles. The van der Waals surface area contributed by atoms with E-state index in [0.717, 1.165) is 22.6 Å². The van der Waals surface area contributed by atoms with Crippen LogP contribution in [0, 0.1) is 0 Å². The SMILES string of the molecule is CCCCCCc1csc(-c2nnc(-c3cc(CCCCCC)cs3)nn2)c1. The molecular formula is C22H30N4S2. The van der Waals surface area contributed by atoms with Crippen molar-refractivity contribution >= 4 is 22.7 Å². The van der Waals surface area contributed by atoms with Gasteiger partial charge in [-0.3, -0.25) is 0 Å². The van der Waals surface area contributed by atoms with Crippen molar-refractivity contribution in [1.29, 1.82) is 0 Å². The van der Waals surface area contributed by atoms with Gasteiger partial charge in [-0.25, -0.2) is 0 Å². The molecule has 0 spiro atoms. The first-order valence-corrected chi connectivity index (χ1v) is 12.3. The fraction of sp³-hybridized carbons (Fsp3) is 0.545. The maximum atomic E-state index is 4.34. The summed E-state index contributed by atoms with van der Waals surface area (Å²) < 4.78 is 0. The second kappa shape index (κ2) is 11.4. The molecule has 150 valence electrons.